The van der Waals surface area contributed by atoms with Gasteiger partial charge in [0, 0.05) is 30.8 Å². The van der Waals surface area contributed by atoms with Gasteiger partial charge in [-0.25, -0.2) is 23.4 Å². The summed E-state index contributed by atoms with van der Waals surface area (Å²) in [5, 5.41) is 4.23. The summed E-state index contributed by atoms with van der Waals surface area (Å²) in [5.41, 5.74) is 0.326. The van der Waals surface area contributed by atoms with Gasteiger partial charge in [0.2, 0.25) is 0 Å². The lowest BCUT2D eigenvalue weighted by Gasteiger charge is -2.29. The van der Waals surface area contributed by atoms with Gasteiger partial charge < -0.3 is 4.90 Å². The summed E-state index contributed by atoms with van der Waals surface area (Å²) >= 11 is 0. The molecule has 1 saturated carbocycles. The summed E-state index contributed by atoms with van der Waals surface area (Å²) in [6, 6.07) is 7.44. The highest BCUT2D eigenvalue weighted by Gasteiger charge is 2.33. The fourth-order valence-electron chi connectivity index (χ4n) is 3.25. The van der Waals surface area contributed by atoms with Crippen molar-refractivity contribution in [3.05, 3.63) is 60.4 Å². The van der Waals surface area contributed by atoms with E-state index in [1.165, 1.54) is 23.1 Å². The van der Waals surface area contributed by atoms with Gasteiger partial charge in [-0.2, -0.15) is 23.3 Å². The third kappa shape index (κ3) is 5.10. The molecule has 0 unspecified atom stereocenters. The van der Waals surface area contributed by atoms with Crippen LogP contribution in [0.15, 0.2) is 53.9 Å². The highest BCUT2D eigenvalue weighted by atomic mass is 32.2. The minimum atomic E-state index is -3.42. The van der Waals surface area contributed by atoms with Crippen LogP contribution in [0.2, 0.25) is 0 Å². The van der Waals surface area contributed by atoms with E-state index >= 15 is 0 Å². The summed E-state index contributed by atoms with van der Waals surface area (Å²) in [6.45, 7) is 2.44. The topological polar surface area (TPSA) is 111 Å². The molecule has 9 nitrogen and oxygen atoms in total. The van der Waals surface area contributed by atoms with Crippen molar-refractivity contribution in [1.82, 2.24) is 29.6 Å². The molecule has 2 heterocycles. The van der Waals surface area contributed by atoms with E-state index in [9.17, 15) is 13.2 Å². The third-order valence-corrected chi connectivity index (χ3v) is 6.19. The summed E-state index contributed by atoms with van der Waals surface area (Å²) in [6.07, 6.45) is 7.89. The lowest BCUT2D eigenvalue weighted by molar-refractivity contribution is 0.0670. The maximum absolute atomic E-state index is 13.4. The first-order valence-electron chi connectivity index (χ1n) is 9.63. The van der Waals surface area contributed by atoms with E-state index in [0.717, 1.165) is 19.1 Å². The van der Waals surface area contributed by atoms with Crippen molar-refractivity contribution >= 4 is 29.2 Å². The SMILES string of the molecule is C[C@H](c1ncnn1-c1ncccn1)N(CC1CC1)C(=O)c1cccc(S(C)(=O)=O)c1.S. The molecule has 1 fully saturated rings. The summed E-state index contributed by atoms with van der Waals surface area (Å²) in [7, 11) is -3.42. The molecule has 1 aliphatic carbocycles. The zero-order valence-corrected chi connectivity index (χ0v) is 19.0. The number of carbonyl (C=O) groups is 1. The number of sulfone groups is 1. The van der Waals surface area contributed by atoms with Crippen LogP contribution in [0.3, 0.4) is 0 Å². The van der Waals surface area contributed by atoms with Gasteiger partial charge in [0.15, 0.2) is 15.7 Å². The Balaban J connectivity index is 0.00000272. The average molecular weight is 461 g/mol. The molecule has 1 atom stereocenters. The number of benzene rings is 1. The van der Waals surface area contributed by atoms with Crippen LogP contribution in [-0.4, -0.2) is 56.8 Å². The number of hydrogen-bond acceptors (Lipinski definition) is 7. The van der Waals surface area contributed by atoms with E-state index in [-0.39, 0.29) is 24.3 Å². The fraction of sp³-hybridized carbons (Fsp3) is 0.350. The number of aromatic nitrogens is 5. The van der Waals surface area contributed by atoms with E-state index in [1.54, 1.807) is 35.5 Å². The first-order chi connectivity index (χ1) is 14.3. The average Bonchev–Trinajstić information content (AvgIpc) is 3.43. The van der Waals surface area contributed by atoms with Gasteiger partial charge in [0.25, 0.3) is 11.9 Å². The van der Waals surface area contributed by atoms with Crippen LogP contribution in [0.4, 0.5) is 0 Å². The molecule has 2 aromatic heterocycles. The van der Waals surface area contributed by atoms with Crippen LogP contribution in [-0.2, 0) is 9.84 Å². The molecule has 1 aromatic carbocycles. The molecule has 4 rings (SSSR count). The highest BCUT2D eigenvalue weighted by Crippen LogP contribution is 2.33. The first-order valence-corrected chi connectivity index (χ1v) is 11.5. The molecule has 0 radical (unpaired) electrons. The minimum absolute atomic E-state index is 0. The summed E-state index contributed by atoms with van der Waals surface area (Å²) in [5.74, 6) is 1.09. The molecule has 164 valence electrons. The fourth-order valence-corrected chi connectivity index (χ4v) is 3.92. The lowest BCUT2D eigenvalue weighted by Crippen LogP contribution is -2.36. The Bertz CT molecular complexity index is 1160. The Hall–Kier alpha value is -2.79. The van der Waals surface area contributed by atoms with E-state index in [2.05, 4.69) is 20.1 Å². The van der Waals surface area contributed by atoms with Crippen LogP contribution in [0.5, 0.6) is 0 Å². The number of rotatable bonds is 7. The normalized spacial score (nSPS) is 14.5. The Morgan fingerprint density at radius 3 is 2.55 bits per heavy atom. The summed E-state index contributed by atoms with van der Waals surface area (Å²) < 4.78 is 25.4. The Morgan fingerprint density at radius 1 is 1.19 bits per heavy atom. The maximum atomic E-state index is 13.4. The van der Waals surface area contributed by atoms with Crippen molar-refractivity contribution in [3.8, 4) is 5.95 Å². The van der Waals surface area contributed by atoms with Crippen LogP contribution in [0.1, 0.15) is 42.0 Å². The molecule has 0 aliphatic heterocycles. The molecule has 0 N–H and O–H groups in total. The van der Waals surface area contributed by atoms with E-state index < -0.39 is 15.9 Å². The van der Waals surface area contributed by atoms with Gasteiger partial charge in [-0.15, -0.1) is 0 Å². The van der Waals surface area contributed by atoms with Gasteiger partial charge in [0.1, 0.15) is 6.33 Å². The van der Waals surface area contributed by atoms with Gasteiger partial charge in [-0.3, -0.25) is 4.79 Å². The second-order valence-corrected chi connectivity index (χ2v) is 9.47. The van der Waals surface area contributed by atoms with E-state index in [0.29, 0.717) is 29.8 Å². The zero-order valence-electron chi connectivity index (χ0n) is 17.2. The minimum Gasteiger partial charge on any atom is -0.328 e. The summed E-state index contributed by atoms with van der Waals surface area (Å²) in [4.78, 5) is 28.0. The molecule has 0 spiro atoms. The largest absolute Gasteiger partial charge is 0.328 e. The second-order valence-electron chi connectivity index (χ2n) is 7.46. The molecular weight excluding hydrogens is 436 g/mol. The lowest BCUT2D eigenvalue weighted by atomic mass is 10.1. The number of amides is 1. The van der Waals surface area contributed by atoms with Crippen LogP contribution >= 0.6 is 13.5 Å². The van der Waals surface area contributed by atoms with Gasteiger partial charge in [-0.1, -0.05) is 6.07 Å². The molecule has 11 heteroatoms. The predicted octanol–water partition coefficient (Wildman–Crippen LogP) is 2.19. The van der Waals surface area contributed by atoms with Crippen LogP contribution in [0, 0.1) is 5.92 Å². The monoisotopic (exact) mass is 460 g/mol. The van der Waals surface area contributed by atoms with Gasteiger partial charge in [0.05, 0.1) is 10.9 Å². The molecule has 0 bridgehead atoms. The predicted molar refractivity (Wildman–Crippen MR) is 119 cm³/mol. The Kier molecular flexibility index (Phi) is 6.75. The van der Waals surface area contributed by atoms with Crippen molar-refractivity contribution < 1.29 is 13.2 Å². The standard InChI is InChI=1S/C20H22N6O3S.H2S/c1-14(18-23-13-24-26(18)20-21-9-4-10-22-20)25(12-15-7-8-15)19(27)16-5-3-6-17(11-16)30(2,28)29;/h3-6,9-11,13-15H,7-8,12H2,1-2H3;1H2/t14-;/m1./s1. The molecule has 0 saturated heterocycles. The Morgan fingerprint density at radius 2 is 1.90 bits per heavy atom. The van der Waals surface area contributed by atoms with Crippen molar-refractivity contribution in [2.75, 3.05) is 12.8 Å². The van der Waals surface area contributed by atoms with Gasteiger partial charge in [-0.05, 0) is 49.9 Å². The molecule has 1 amide bonds. The van der Waals surface area contributed by atoms with Crippen LogP contribution < -0.4 is 0 Å². The maximum Gasteiger partial charge on any atom is 0.254 e. The highest BCUT2D eigenvalue weighted by molar-refractivity contribution is 7.90. The Labute approximate surface area is 187 Å². The molecule has 1 aliphatic rings. The number of nitrogens with zero attached hydrogens (tertiary/aromatic N) is 6. The molecular formula is C20H24N6O3S2. The van der Waals surface area contributed by atoms with E-state index in [4.69, 9.17) is 0 Å². The molecule has 3 aromatic rings. The molecule has 31 heavy (non-hydrogen) atoms. The van der Waals surface area contributed by atoms with Crippen LogP contribution in [0.25, 0.3) is 5.95 Å². The van der Waals surface area contributed by atoms with Crippen molar-refractivity contribution in [2.45, 2.75) is 30.7 Å². The van der Waals surface area contributed by atoms with Gasteiger partial charge >= 0.3 is 0 Å². The van der Waals surface area contributed by atoms with Crippen molar-refractivity contribution in [2.24, 2.45) is 5.92 Å². The zero-order chi connectivity index (χ0) is 21.3. The quantitative estimate of drug-likeness (QED) is 0.531. The smallest absolute Gasteiger partial charge is 0.254 e. The number of carbonyl (C=O) groups excluding carboxylic acids is 1. The van der Waals surface area contributed by atoms with Crippen molar-refractivity contribution in [1.29, 1.82) is 0 Å². The second kappa shape index (κ2) is 9.15. The van der Waals surface area contributed by atoms with E-state index in [1.807, 2.05) is 6.92 Å². The third-order valence-electron chi connectivity index (χ3n) is 5.08. The number of hydrogen-bond donors (Lipinski definition) is 0. The van der Waals surface area contributed by atoms with Crippen molar-refractivity contribution in [3.63, 3.8) is 0 Å². The first kappa shape index (κ1) is 22.9.